The summed E-state index contributed by atoms with van der Waals surface area (Å²) >= 11 is 11.7. The number of hydrogen-bond donors (Lipinski definition) is 1. The Labute approximate surface area is 130 Å². The first-order valence-electron chi connectivity index (χ1n) is 6.09. The maximum atomic E-state index is 13.7. The molecule has 0 saturated heterocycles. The summed E-state index contributed by atoms with van der Waals surface area (Å²) in [6.07, 6.45) is -0.0443. The summed E-state index contributed by atoms with van der Waals surface area (Å²) < 4.78 is 40.6. The van der Waals surface area contributed by atoms with Gasteiger partial charge in [-0.3, -0.25) is 0 Å². The molecule has 1 nitrogen and oxygen atoms in total. The van der Waals surface area contributed by atoms with Crippen LogP contribution in [0.15, 0.2) is 30.3 Å². The van der Waals surface area contributed by atoms with Crippen LogP contribution in [0.2, 0.25) is 10.0 Å². The Morgan fingerprint density at radius 2 is 1.71 bits per heavy atom. The molecule has 0 aliphatic heterocycles. The third kappa shape index (κ3) is 3.34. The van der Waals surface area contributed by atoms with E-state index in [-0.39, 0.29) is 27.6 Å². The van der Waals surface area contributed by atoms with Gasteiger partial charge in [-0.1, -0.05) is 35.3 Å². The van der Waals surface area contributed by atoms with Crippen molar-refractivity contribution in [2.75, 3.05) is 0 Å². The zero-order valence-corrected chi connectivity index (χ0v) is 12.6. The molecule has 21 heavy (non-hydrogen) atoms. The highest BCUT2D eigenvalue weighted by atomic mass is 35.5. The van der Waals surface area contributed by atoms with E-state index < -0.39 is 23.0 Å². The van der Waals surface area contributed by atoms with E-state index in [2.05, 4.69) is 0 Å². The van der Waals surface area contributed by atoms with E-state index in [1.807, 2.05) is 0 Å². The first-order valence-corrected chi connectivity index (χ1v) is 6.85. The molecule has 2 aromatic rings. The van der Waals surface area contributed by atoms with Crippen LogP contribution >= 0.6 is 23.2 Å². The van der Waals surface area contributed by atoms with E-state index in [1.54, 1.807) is 6.92 Å². The molecule has 1 atom stereocenters. The number of hydrogen-bond acceptors (Lipinski definition) is 1. The van der Waals surface area contributed by atoms with Gasteiger partial charge in [0.1, 0.15) is 5.82 Å². The summed E-state index contributed by atoms with van der Waals surface area (Å²) in [5.74, 6) is -2.61. The van der Waals surface area contributed by atoms with E-state index in [9.17, 15) is 13.2 Å². The fraction of sp³-hybridized carbons (Fsp3) is 0.200. The second kappa shape index (κ2) is 5.87. The van der Waals surface area contributed by atoms with Crippen LogP contribution in [0, 0.1) is 17.5 Å². The molecule has 2 rings (SSSR count). The minimum atomic E-state index is -1.18. The Hall–Kier alpha value is -1.23. The zero-order valence-electron chi connectivity index (χ0n) is 11.1. The molecule has 0 aromatic heterocycles. The lowest BCUT2D eigenvalue weighted by atomic mass is 9.86. The molecular weight excluding hydrogens is 322 g/mol. The minimum absolute atomic E-state index is 0.0443. The number of nitrogens with two attached hydrogens (primary N) is 1. The molecule has 0 fully saturated rings. The number of benzene rings is 2. The molecule has 1 unspecified atom stereocenters. The standard InChI is InChI=1S/C15H12Cl2F3N/c1-15(21,7-8-3-2-4-12(18)14(8)20)9-5-13(19)11(17)6-10(9)16/h2-6H,7,21H2,1H3. The minimum Gasteiger partial charge on any atom is -0.321 e. The highest BCUT2D eigenvalue weighted by molar-refractivity contribution is 6.35. The molecule has 0 aliphatic carbocycles. The Kier molecular flexibility index (Phi) is 4.51. The first-order chi connectivity index (χ1) is 9.72. The number of halogens is 5. The third-order valence-electron chi connectivity index (χ3n) is 3.21. The van der Waals surface area contributed by atoms with Gasteiger partial charge in [-0.05, 0) is 42.7 Å². The van der Waals surface area contributed by atoms with E-state index >= 15 is 0 Å². The molecule has 0 spiro atoms. The molecule has 0 saturated carbocycles. The zero-order chi connectivity index (χ0) is 15.8. The Balaban J connectivity index is 2.43. The van der Waals surface area contributed by atoms with Crippen LogP contribution < -0.4 is 5.73 Å². The van der Waals surface area contributed by atoms with Gasteiger partial charge in [0.05, 0.1) is 5.02 Å². The van der Waals surface area contributed by atoms with Gasteiger partial charge in [-0.2, -0.15) is 0 Å². The van der Waals surface area contributed by atoms with Gasteiger partial charge in [-0.25, -0.2) is 13.2 Å². The molecule has 2 aromatic carbocycles. The highest BCUT2D eigenvalue weighted by Gasteiger charge is 2.27. The summed E-state index contributed by atoms with van der Waals surface area (Å²) in [5.41, 5.74) is 5.30. The largest absolute Gasteiger partial charge is 0.321 e. The Morgan fingerprint density at radius 1 is 1.05 bits per heavy atom. The molecule has 0 amide bonds. The van der Waals surface area contributed by atoms with Gasteiger partial charge in [0.2, 0.25) is 0 Å². The SMILES string of the molecule is CC(N)(Cc1cccc(F)c1F)c1cc(F)c(Cl)cc1Cl. The van der Waals surface area contributed by atoms with Crippen molar-refractivity contribution in [1.82, 2.24) is 0 Å². The lowest BCUT2D eigenvalue weighted by Crippen LogP contribution is -2.36. The van der Waals surface area contributed by atoms with Gasteiger partial charge in [0.25, 0.3) is 0 Å². The van der Waals surface area contributed by atoms with E-state index in [4.69, 9.17) is 28.9 Å². The lowest BCUT2D eigenvalue weighted by molar-refractivity contribution is 0.452. The van der Waals surface area contributed by atoms with E-state index in [0.29, 0.717) is 0 Å². The molecule has 0 heterocycles. The van der Waals surface area contributed by atoms with Crippen molar-refractivity contribution in [2.24, 2.45) is 5.73 Å². The van der Waals surface area contributed by atoms with Crippen LogP contribution in [0.5, 0.6) is 0 Å². The highest BCUT2D eigenvalue weighted by Crippen LogP contribution is 2.33. The Morgan fingerprint density at radius 3 is 2.38 bits per heavy atom. The fourth-order valence-electron chi connectivity index (χ4n) is 2.14. The normalized spacial score (nSPS) is 14.0. The van der Waals surface area contributed by atoms with Gasteiger partial charge in [0, 0.05) is 10.6 Å². The summed E-state index contributed by atoms with van der Waals surface area (Å²) in [6, 6.07) is 6.17. The second-order valence-corrected chi connectivity index (χ2v) is 5.87. The molecule has 112 valence electrons. The average molecular weight is 334 g/mol. The van der Waals surface area contributed by atoms with Crippen molar-refractivity contribution >= 4 is 23.2 Å². The van der Waals surface area contributed by atoms with Crippen LogP contribution in [0.1, 0.15) is 18.1 Å². The van der Waals surface area contributed by atoms with E-state index in [0.717, 1.165) is 12.1 Å². The topological polar surface area (TPSA) is 26.0 Å². The quantitative estimate of drug-likeness (QED) is 0.800. The molecular formula is C15H12Cl2F3N. The third-order valence-corrected chi connectivity index (χ3v) is 3.82. The lowest BCUT2D eigenvalue weighted by Gasteiger charge is -2.27. The fourth-order valence-corrected chi connectivity index (χ4v) is 2.74. The molecule has 2 N–H and O–H groups in total. The van der Waals surface area contributed by atoms with Gasteiger partial charge in [-0.15, -0.1) is 0 Å². The summed E-state index contributed by atoms with van der Waals surface area (Å²) in [4.78, 5) is 0. The maximum Gasteiger partial charge on any atom is 0.162 e. The number of rotatable bonds is 3. The van der Waals surface area contributed by atoms with Crippen LogP contribution in [0.25, 0.3) is 0 Å². The smallest absolute Gasteiger partial charge is 0.162 e. The van der Waals surface area contributed by atoms with E-state index in [1.165, 1.54) is 18.2 Å². The predicted molar refractivity (Wildman–Crippen MR) is 78.0 cm³/mol. The van der Waals surface area contributed by atoms with Crippen molar-refractivity contribution in [3.05, 3.63) is 69.0 Å². The van der Waals surface area contributed by atoms with Crippen molar-refractivity contribution in [3.8, 4) is 0 Å². The molecule has 0 aliphatic rings. The second-order valence-electron chi connectivity index (χ2n) is 5.05. The van der Waals surface area contributed by atoms with Crippen LogP contribution in [0.4, 0.5) is 13.2 Å². The van der Waals surface area contributed by atoms with Crippen molar-refractivity contribution < 1.29 is 13.2 Å². The van der Waals surface area contributed by atoms with Gasteiger partial charge >= 0.3 is 0 Å². The monoisotopic (exact) mass is 333 g/mol. The first kappa shape index (κ1) is 16.1. The van der Waals surface area contributed by atoms with Gasteiger partial charge < -0.3 is 5.73 Å². The summed E-state index contributed by atoms with van der Waals surface area (Å²) in [5, 5.41) is 0.0414. The van der Waals surface area contributed by atoms with Crippen molar-refractivity contribution in [2.45, 2.75) is 18.9 Å². The van der Waals surface area contributed by atoms with Crippen LogP contribution in [-0.2, 0) is 12.0 Å². The molecule has 0 radical (unpaired) electrons. The van der Waals surface area contributed by atoms with Gasteiger partial charge in [0.15, 0.2) is 11.6 Å². The maximum absolute atomic E-state index is 13.7. The van der Waals surface area contributed by atoms with Crippen molar-refractivity contribution in [3.63, 3.8) is 0 Å². The average Bonchev–Trinajstić information content (AvgIpc) is 2.39. The van der Waals surface area contributed by atoms with Crippen LogP contribution in [0.3, 0.4) is 0 Å². The van der Waals surface area contributed by atoms with Crippen LogP contribution in [-0.4, -0.2) is 0 Å². The predicted octanol–water partition coefficient (Wildman–Crippen LogP) is 4.83. The Bertz CT molecular complexity index is 687. The van der Waals surface area contributed by atoms with Crippen molar-refractivity contribution in [1.29, 1.82) is 0 Å². The molecule has 0 bridgehead atoms. The summed E-state index contributed by atoms with van der Waals surface area (Å²) in [7, 11) is 0. The summed E-state index contributed by atoms with van der Waals surface area (Å²) in [6.45, 7) is 1.56. The molecule has 6 heteroatoms.